The molecule has 3 nitrogen and oxygen atoms in total. The van der Waals surface area contributed by atoms with Crippen molar-refractivity contribution in [1.29, 1.82) is 5.26 Å². The average molecular weight is 639 g/mol. The molecule has 115 valence electrons. The number of hydrogen-bond acceptors (Lipinski definition) is 2. The van der Waals surface area contributed by atoms with E-state index >= 15 is 0 Å². The van der Waals surface area contributed by atoms with Gasteiger partial charge in [-0.3, -0.25) is 0 Å². The molecule has 0 saturated heterocycles. The fourth-order valence-corrected chi connectivity index (χ4v) is 3.17. The average Bonchev–Trinajstić information content (AvgIpc) is 2.75. The Morgan fingerprint density at radius 2 is 2.05 bits per heavy atom. The summed E-state index contributed by atoms with van der Waals surface area (Å²) < 4.78 is 8.60. The molecule has 0 N–H and O–H groups in total. The largest absolute Gasteiger partial charge is 0.388 e. The molecule has 0 aliphatic carbocycles. The van der Waals surface area contributed by atoms with Gasteiger partial charge < -0.3 is 9.30 Å². The second-order valence-electron chi connectivity index (χ2n) is 6.05. The monoisotopic (exact) mass is 638 g/mol. The molecule has 0 saturated carbocycles. The number of rotatable bonds is 5. The summed E-state index contributed by atoms with van der Waals surface area (Å²) in [6, 6.07) is 10.3. The Bertz CT molecular complexity index is 664. The minimum atomic E-state index is -1.06. The van der Waals surface area contributed by atoms with Crippen molar-refractivity contribution in [3.05, 3.63) is 34.4 Å². The van der Waals surface area contributed by atoms with Gasteiger partial charge in [-0.1, -0.05) is 47.8 Å². The molecule has 0 unspecified atom stereocenters. The number of hydrogen-bond donors (Lipinski definition) is 0. The van der Waals surface area contributed by atoms with Crippen LogP contribution in [0.1, 0.15) is 5.56 Å². The molecule has 2 aromatic rings. The molecule has 0 bridgehead atoms. The number of nitriles is 1. The number of aromatic nitrogens is 1. The summed E-state index contributed by atoms with van der Waals surface area (Å²) in [6.45, 7) is 8.25. The molecule has 1 heterocycles. The smallest absolute Gasteiger partial charge is 0.111 e. The minimum Gasteiger partial charge on any atom is -0.388 e. The fraction of sp³-hybridized carbons (Fsp3) is 0.400. The molecule has 0 fully saturated rings. The molecule has 0 spiro atoms. The van der Waals surface area contributed by atoms with Crippen LogP contribution < -0.4 is 0 Å². The van der Waals surface area contributed by atoms with Crippen LogP contribution in [0.3, 0.4) is 0 Å². The van der Waals surface area contributed by atoms with Gasteiger partial charge in [0.2, 0.25) is 0 Å². The predicted molar refractivity (Wildman–Crippen MR) is 87.3 cm³/mol. The molecular weight excluding hydrogens is 621 g/mol. The van der Waals surface area contributed by atoms with Gasteiger partial charge in [0.25, 0.3) is 0 Å². The summed E-state index contributed by atoms with van der Waals surface area (Å²) in [5.41, 5.74) is 1.54. The molecule has 1 radical (unpaired) electrons. The maximum absolute atomic E-state index is 9.25. The molecule has 22 heavy (non-hydrogen) atoms. The minimum absolute atomic E-state index is 0. The number of halogens is 1. The van der Waals surface area contributed by atoms with Crippen LogP contribution in [0.5, 0.6) is 0 Å². The zero-order valence-corrected chi connectivity index (χ0v) is 21.1. The standard InChI is InChI=1S/C15H18BrN2OSi.U.V/c1-20(2,3)7-6-19-11-18-5-4-12-8-14(16)9-13(10-17)15(12)18;;/h5,8-9H,6-7,11H2,1-3H3;;/q-1;;. The Kier molecular flexibility index (Phi) is 9.99. The van der Waals surface area contributed by atoms with Gasteiger partial charge >= 0.3 is 0 Å². The third-order valence-electron chi connectivity index (χ3n) is 3.09. The van der Waals surface area contributed by atoms with Crippen molar-refractivity contribution in [3.63, 3.8) is 0 Å². The van der Waals surface area contributed by atoms with Crippen LogP contribution in [0, 0.1) is 48.5 Å². The second kappa shape index (κ2) is 9.75. The van der Waals surface area contributed by atoms with E-state index in [1.54, 1.807) is 0 Å². The van der Waals surface area contributed by atoms with Crippen LogP contribution in [0.25, 0.3) is 10.9 Å². The first-order valence-electron chi connectivity index (χ1n) is 6.58. The van der Waals surface area contributed by atoms with Crippen LogP contribution >= 0.6 is 15.9 Å². The van der Waals surface area contributed by atoms with Crippen molar-refractivity contribution >= 4 is 34.9 Å². The van der Waals surface area contributed by atoms with Crippen molar-refractivity contribution in [3.8, 4) is 6.07 Å². The maximum Gasteiger partial charge on any atom is 0.111 e. The Balaban J connectivity index is 0.00000220. The quantitative estimate of drug-likeness (QED) is 0.277. The molecule has 1 aromatic heterocycles. The van der Waals surface area contributed by atoms with Crippen LogP contribution in [0.2, 0.25) is 25.7 Å². The summed E-state index contributed by atoms with van der Waals surface area (Å²) in [7, 11) is -1.06. The Hall–Kier alpha value is 0.543. The van der Waals surface area contributed by atoms with Crippen molar-refractivity contribution in [1.82, 2.24) is 4.57 Å². The van der Waals surface area contributed by atoms with Crippen LogP contribution in [0.4, 0.5) is 0 Å². The first kappa shape index (κ1) is 22.5. The summed E-state index contributed by atoms with van der Waals surface area (Å²) in [4.78, 5) is 0. The second-order valence-corrected chi connectivity index (χ2v) is 12.6. The first-order chi connectivity index (χ1) is 9.40. The topological polar surface area (TPSA) is 38.0 Å². The maximum atomic E-state index is 9.25. The van der Waals surface area contributed by atoms with Gasteiger partial charge in [0.15, 0.2) is 0 Å². The molecule has 0 aliphatic heterocycles. The normalized spacial score (nSPS) is 10.7. The number of fused-ring (bicyclic) bond motifs is 1. The van der Waals surface area contributed by atoms with E-state index in [-0.39, 0.29) is 49.7 Å². The molecule has 0 aliphatic rings. The molecule has 1 aromatic carbocycles. The fourth-order valence-electron chi connectivity index (χ4n) is 1.96. The van der Waals surface area contributed by atoms with E-state index in [0.29, 0.717) is 12.3 Å². The van der Waals surface area contributed by atoms with Crippen molar-refractivity contribution in [2.45, 2.75) is 32.4 Å². The summed E-state index contributed by atoms with van der Waals surface area (Å²) in [6.07, 6.45) is 1.85. The third kappa shape index (κ3) is 6.21. The van der Waals surface area contributed by atoms with Crippen molar-refractivity contribution < 1.29 is 54.4 Å². The Labute approximate surface area is 177 Å². The van der Waals surface area contributed by atoms with Crippen molar-refractivity contribution in [2.75, 3.05) is 6.61 Å². The SMILES string of the molecule is C[Si](C)(C)CCOCn1c[c-]c2cc(Br)cc(C#N)c21.[U].[V]. The van der Waals surface area contributed by atoms with E-state index in [0.717, 1.165) is 28.0 Å². The van der Waals surface area contributed by atoms with Gasteiger partial charge in [-0.15, -0.1) is 6.07 Å². The molecule has 0 atom stereocenters. The third-order valence-corrected chi connectivity index (χ3v) is 5.25. The first-order valence-corrected chi connectivity index (χ1v) is 11.1. The van der Waals surface area contributed by atoms with Gasteiger partial charge in [0.05, 0.1) is 6.07 Å². The van der Waals surface area contributed by atoms with E-state index in [1.807, 2.05) is 22.9 Å². The Morgan fingerprint density at radius 1 is 1.36 bits per heavy atom. The van der Waals surface area contributed by atoms with Gasteiger partial charge in [0, 0.05) is 69.9 Å². The summed E-state index contributed by atoms with van der Waals surface area (Å²) >= 11 is 3.41. The van der Waals surface area contributed by atoms with Crippen LogP contribution in [-0.2, 0) is 30.0 Å². The summed E-state index contributed by atoms with van der Waals surface area (Å²) in [5.74, 6) is 0. The van der Waals surface area contributed by atoms with Crippen molar-refractivity contribution in [2.24, 2.45) is 0 Å². The zero-order chi connectivity index (χ0) is 14.8. The zero-order valence-electron chi connectivity index (χ0n) is 13.0. The van der Waals surface area contributed by atoms with Gasteiger partial charge in [0.1, 0.15) is 6.73 Å². The number of nitrogens with zero attached hydrogens (tertiary/aromatic N) is 2. The van der Waals surface area contributed by atoms with E-state index in [4.69, 9.17) is 4.74 Å². The molecule has 2 rings (SSSR count). The van der Waals surface area contributed by atoms with E-state index < -0.39 is 8.07 Å². The number of benzene rings is 1. The Morgan fingerprint density at radius 3 is 2.64 bits per heavy atom. The molecule has 7 heteroatoms. The van der Waals surface area contributed by atoms with Gasteiger partial charge in [-0.05, 0) is 16.0 Å². The van der Waals surface area contributed by atoms with E-state index in [9.17, 15) is 5.26 Å². The number of ether oxygens (including phenoxy) is 1. The molecular formula is C15H18BrN2OSiUV-. The molecule has 0 amide bonds. The van der Waals surface area contributed by atoms with Gasteiger partial charge in [-0.2, -0.15) is 16.7 Å². The van der Waals surface area contributed by atoms with Crippen LogP contribution in [-0.4, -0.2) is 19.2 Å². The van der Waals surface area contributed by atoms with Gasteiger partial charge in [-0.25, -0.2) is 0 Å². The van der Waals surface area contributed by atoms with Crippen LogP contribution in [0.15, 0.2) is 22.8 Å². The predicted octanol–water partition coefficient (Wildman–Crippen LogP) is 4.39. The summed E-state index contributed by atoms with van der Waals surface area (Å²) in [5, 5.41) is 10.2. The van der Waals surface area contributed by atoms with E-state index in [1.165, 1.54) is 0 Å². The van der Waals surface area contributed by atoms with E-state index in [2.05, 4.69) is 47.7 Å².